The summed E-state index contributed by atoms with van der Waals surface area (Å²) in [5, 5.41) is 10.3. The molecular formula is C31H30N4O2. The number of pyridine rings is 1. The minimum atomic E-state index is -0.287. The van der Waals surface area contributed by atoms with Crippen LogP contribution in [0.3, 0.4) is 0 Å². The van der Waals surface area contributed by atoms with Crippen LogP contribution in [-0.2, 0) is 11.3 Å². The monoisotopic (exact) mass is 490 g/mol. The van der Waals surface area contributed by atoms with Gasteiger partial charge in [-0.2, -0.15) is 5.26 Å². The number of nitrogens with zero attached hydrogens (tertiary/aromatic N) is 4. The molecule has 186 valence electrons. The second kappa shape index (κ2) is 11.2. The van der Waals surface area contributed by atoms with Crippen molar-refractivity contribution in [3.05, 3.63) is 107 Å². The fourth-order valence-electron chi connectivity index (χ4n) is 5.12. The predicted octanol–water partition coefficient (Wildman–Crippen LogP) is 5.33. The van der Waals surface area contributed by atoms with E-state index in [1.165, 1.54) is 0 Å². The van der Waals surface area contributed by atoms with E-state index in [0.717, 1.165) is 53.5 Å². The van der Waals surface area contributed by atoms with Gasteiger partial charge < -0.3 is 9.64 Å². The molecule has 0 spiro atoms. The van der Waals surface area contributed by atoms with Crippen molar-refractivity contribution in [2.24, 2.45) is 0 Å². The van der Waals surface area contributed by atoms with Crippen LogP contribution in [0.25, 0.3) is 10.9 Å². The summed E-state index contributed by atoms with van der Waals surface area (Å²) in [6.07, 6.45) is 2.10. The first-order chi connectivity index (χ1) is 18.2. The first kappa shape index (κ1) is 24.5. The molecule has 1 fully saturated rings. The number of carbonyl (C=O) groups is 1. The minimum absolute atomic E-state index is 0.133. The summed E-state index contributed by atoms with van der Waals surface area (Å²) in [5.74, 6) is 0.645. The Bertz CT molecular complexity index is 1410. The van der Waals surface area contributed by atoms with Crippen LogP contribution >= 0.6 is 0 Å². The van der Waals surface area contributed by atoms with Gasteiger partial charge in [-0.25, -0.2) is 4.98 Å². The van der Waals surface area contributed by atoms with Crippen molar-refractivity contribution < 1.29 is 9.53 Å². The Morgan fingerprint density at radius 3 is 2.41 bits per heavy atom. The van der Waals surface area contributed by atoms with Gasteiger partial charge in [0, 0.05) is 30.6 Å². The zero-order valence-corrected chi connectivity index (χ0v) is 21.0. The van der Waals surface area contributed by atoms with Gasteiger partial charge in [-0.15, -0.1) is 0 Å². The van der Waals surface area contributed by atoms with Crippen LogP contribution in [0.15, 0.2) is 84.9 Å². The minimum Gasteiger partial charge on any atom is -0.481 e. The largest absolute Gasteiger partial charge is 0.481 e. The zero-order valence-electron chi connectivity index (χ0n) is 21.0. The molecule has 5 rings (SSSR count). The van der Waals surface area contributed by atoms with Crippen LogP contribution < -0.4 is 4.74 Å². The van der Waals surface area contributed by atoms with Crippen molar-refractivity contribution >= 4 is 16.8 Å². The Morgan fingerprint density at radius 2 is 1.73 bits per heavy atom. The van der Waals surface area contributed by atoms with E-state index in [-0.39, 0.29) is 18.5 Å². The van der Waals surface area contributed by atoms with Gasteiger partial charge in [0.05, 0.1) is 36.8 Å². The third kappa shape index (κ3) is 5.47. The molecule has 1 amide bonds. The lowest BCUT2D eigenvalue weighted by Crippen LogP contribution is -2.41. The molecule has 0 saturated carbocycles. The van der Waals surface area contributed by atoms with Gasteiger partial charge in [-0.1, -0.05) is 60.7 Å². The molecule has 1 saturated heterocycles. The number of ether oxygens (including phenoxy) is 1. The number of methoxy groups -OCH3 is 1. The van der Waals surface area contributed by atoms with Crippen LogP contribution in [0.5, 0.6) is 5.88 Å². The van der Waals surface area contributed by atoms with E-state index in [2.05, 4.69) is 41.3 Å². The molecular weight excluding hydrogens is 460 g/mol. The highest BCUT2D eigenvalue weighted by Gasteiger charge is 2.30. The van der Waals surface area contributed by atoms with Gasteiger partial charge in [-0.3, -0.25) is 9.69 Å². The van der Waals surface area contributed by atoms with E-state index < -0.39 is 0 Å². The Labute approximate surface area is 217 Å². The summed E-state index contributed by atoms with van der Waals surface area (Å²) in [4.78, 5) is 22.5. The van der Waals surface area contributed by atoms with E-state index in [0.29, 0.717) is 18.0 Å². The lowest BCUT2D eigenvalue weighted by Gasteiger charge is -2.34. The average molecular weight is 491 g/mol. The quantitative estimate of drug-likeness (QED) is 0.334. The van der Waals surface area contributed by atoms with Gasteiger partial charge in [0.2, 0.25) is 11.8 Å². The number of rotatable bonds is 8. The van der Waals surface area contributed by atoms with Crippen molar-refractivity contribution in [1.82, 2.24) is 14.8 Å². The molecule has 1 unspecified atom stereocenters. The molecule has 1 atom stereocenters. The predicted molar refractivity (Wildman–Crippen MR) is 144 cm³/mol. The van der Waals surface area contributed by atoms with Crippen molar-refractivity contribution in [2.75, 3.05) is 26.7 Å². The van der Waals surface area contributed by atoms with E-state index in [1.54, 1.807) is 13.2 Å². The second-order valence-corrected chi connectivity index (χ2v) is 9.40. The van der Waals surface area contributed by atoms with E-state index in [1.807, 2.05) is 53.4 Å². The number of nitriles is 1. The molecule has 0 bridgehead atoms. The standard InChI is InChI=1S/C31H30N4O2/c1-37-31-27(19-26-18-24(20-32)14-15-28(26)33-31)30(25-12-6-3-7-13-25)35(21-23-10-4-2-5-11-23)22-29(36)34-16-8-9-17-34/h2-7,10-15,18-19,30H,8-9,16-17,21-22H2,1H3. The van der Waals surface area contributed by atoms with E-state index in [9.17, 15) is 10.1 Å². The summed E-state index contributed by atoms with van der Waals surface area (Å²) in [6, 6.07) is 29.9. The maximum Gasteiger partial charge on any atom is 0.236 e. The number of hydrogen-bond donors (Lipinski definition) is 0. The summed E-state index contributed by atoms with van der Waals surface area (Å²) in [7, 11) is 1.63. The van der Waals surface area contributed by atoms with Crippen molar-refractivity contribution in [2.45, 2.75) is 25.4 Å². The fourth-order valence-corrected chi connectivity index (χ4v) is 5.12. The van der Waals surface area contributed by atoms with Crippen LogP contribution in [0, 0.1) is 11.3 Å². The summed E-state index contributed by atoms with van der Waals surface area (Å²) < 4.78 is 5.82. The molecule has 6 nitrogen and oxygen atoms in total. The Hall–Kier alpha value is -4.21. The molecule has 0 N–H and O–H groups in total. The third-order valence-corrected chi connectivity index (χ3v) is 6.93. The highest BCUT2D eigenvalue weighted by Crippen LogP contribution is 2.37. The van der Waals surface area contributed by atoms with Crippen LogP contribution in [-0.4, -0.2) is 47.4 Å². The highest BCUT2D eigenvalue weighted by molar-refractivity contribution is 5.82. The average Bonchev–Trinajstić information content (AvgIpc) is 3.49. The number of likely N-dealkylation sites (tertiary alicyclic amines) is 1. The Morgan fingerprint density at radius 1 is 1.03 bits per heavy atom. The van der Waals surface area contributed by atoms with E-state index in [4.69, 9.17) is 9.72 Å². The van der Waals surface area contributed by atoms with Gasteiger partial charge in [0.15, 0.2) is 0 Å². The molecule has 2 heterocycles. The SMILES string of the molecule is COc1nc2ccc(C#N)cc2cc1C(c1ccccc1)N(CC(=O)N1CCCC1)Cc1ccccc1. The van der Waals surface area contributed by atoms with Crippen molar-refractivity contribution in [3.63, 3.8) is 0 Å². The molecule has 6 heteroatoms. The van der Waals surface area contributed by atoms with Crippen molar-refractivity contribution in [3.8, 4) is 11.9 Å². The second-order valence-electron chi connectivity index (χ2n) is 9.40. The van der Waals surface area contributed by atoms with Gasteiger partial charge in [-0.05, 0) is 48.2 Å². The molecule has 1 aliphatic heterocycles. The summed E-state index contributed by atoms with van der Waals surface area (Å²) in [5.41, 5.74) is 4.36. The Balaban J connectivity index is 1.65. The zero-order chi connectivity index (χ0) is 25.6. The van der Waals surface area contributed by atoms with Gasteiger partial charge in [0.25, 0.3) is 0 Å². The van der Waals surface area contributed by atoms with Crippen molar-refractivity contribution in [1.29, 1.82) is 5.26 Å². The molecule has 1 aromatic heterocycles. The van der Waals surface area contributed by atoms with Crippen LogP contribution in [0.2, 0.25) is 0 Å². The molecule has 4 aromatic rings. The van der Waals surface area contributed by atoms with Crippen LogP contribution in [0.4, 0.5) is 0 Å². The number of benzene rings is 3. The fraction of sp³-hybridized carbons (Fsp3) is 0.258. The Kier molecular flexibility index (Phi) is 7.43. The molecule has 37 heavy (non-hydrogen) atoms. The topological polar surface area (TPSA) is 69.5 Å². The number of carbonyl (C=O) groups excluding carboxylic acids is 1. The molecule has 0 radical (unpaired) electrons. The number of amides is 1. The van der Waals surface area contributed by atoms with Crippen LogP contribution in [0.1, 0.15) is 41.1 Å². The first-order valence-corrected chi connectivity index (χ1v) is 12.7. The summed E-state index contributed by atoms with van der Waals surface area (Å²) >= 11 is 0. The normalized spacial score (nSPS) is 14.0. The van der Waals surface area contributed by atoms with E-state index >= 15 is 0 Å². The number of hydrogen-bond acceptors (Lipinski definition) is 5. The molecule has 0 aliphatic carbocycles. The molecule has 1 aliphatic rings. The first-order valence-electron chi connectivity index (χ1n) is 12.7. The van der Waals surface area contributed by atoms with Gasteiger partial charge in [0.1, 0.15) is 0 Å². The highest BCUT2D eigenvalue weighted by atomic mass is 16.5. The summed E-state index contributed by atoms with van der Waals surface area (Å²) in [6.45, 7) is 2.48. The lowest BCUT2D eigenvalue weighted by molar-refractivity contribution is -0.131. The van der Waals surface area contributed by atoms with Gasteiger partial charge >= 0.3 is 0 Å². The number of fused-ring (bicyclic) bond motifs is 1. The smallest absolute Gasteiger partial charge is 0.236 e. The number of aromatic nitrogens is 1. The lowest BCUT2D eigenvalue weighted by atomic mass is 9.95. The maximum absolute atomic E-state index is 13.5. The third-order valence-electron chi connectivity index (χ3n) is 6.93. The molecule has 3 aromatic carbocycles. The maximum atomic E-state index is 13.5.